The summed E-state index contributed by atoms with van der Waals surface area (Å²) in [6.07, 6.45) is 1.61. The summed E-state index contributed by atoms with van der Waals surface area (Å²) < 4.78 is 6.75. The van der Waals surface area contributed by atoms with Gasteiger partial charge in [-0.25, -0.2) is 14.3 Å². The molecule has 0 radical (unpaired) electrons. The number of aromatic nitrogens is 2. The molecule has 0 saturated heterocycles. The topological polar surface area (TPSA) is 84.7 Å². The van der Waals surface area contributed by atoms with Crippen LogP contribution in [0.25, 0.3) is 0 Å². The summed E-state index contributed by atoms with van der Waals surface area (Å²) in [5, 5.41) is 13.0. The van der Waals surface area contributed by atoms with Crippen molar-refractivity contribution in [2.75, 3.05) is 18.1 Å². The van der Waals surface area contributed by atoms with Crippen LogP contribution in [-0.2, 0) is 11.3 Å². The summed E-state index contributed by atoms with van der Waals surface area (Å²) in [4.78, 5) is 24.3. The average molecular weight is 330 g/mol. The van der Waals surface area contributed by atoms with Crippen LogP contribution < -0.4 is 4.90 Å². The number of ether oxygens (including phenoxy) is 1. The summed E-state index contributed by atoms with van der Waals surface area (Å²) in [6, 6.07) is 0. The van der Waals surface area contributed by atoms with Gasteiger partial charge in [-0.2, -0.15) is 5.10 Å². The first kappa shape index (κ1) is 13.6. The Bertz CT molecular complexity index is 540. The van der Waals surface area contributed by atoms with Gasteiger partial charge in [0.15, 0.2) is 11.5 Å². The van der Waals surface area contributed by atoms with Crippen molar-refractivity contribution in [1.29, 1.82) is 0 Å². The molecule has 1 amide bonds. The number of fused-ring (bicyclic) bond motifs is 1. The number of hydrogen-bond donors (Lipinski definition) is 1. The number of hydrogen-bond acceptors (Lipinski definition) is 4. The Morgan fingerprint density at radius 3 is 2.89 bits per heavy atom. The fourth-order valence-corrected chi connectivity index (χ4v) is 2.52. The van der Waals surface area contributed by atoms with E-state index in [1.54, 1.807) is 0 Å². The van der Waals surface area contributed by atoms with Gasteiger partial charge < -0.3 is 9.84 Å². The number of anilines is 1. The first-order valence-corrected chi connectivity index (χ1v) is 6.40. The lowest BCUT2D eigenvalue weighted by atomic mass is 10.3. The molecule has 8 heteroatoms. The standard InChI is InChI=1S/C11H12BrN3O4/c1-2-6-19-11(18)14-4-3-5-15-9(14)7(12)8(13-15)10(16)17/h2H,1,3-6H2,(H,16,17). The zero-order valence-corrected chi connectivity index (χ0v) is 11.6. The minimum absolute atomic E-state index is 0.104. The summed E-state index contributed by atoms with van der Waals surface area (Å²) in [7, 11) is 0. The quantitative estimate of drug-likeness (QED) is 0.856. The molecule has 7 nitrogen and oxygen atoms in total. The Labute approximate surface area is 117 Å². The smallest absolute Gasteiger partial charge is 0.415 e. The maximum atomic E-state index is 11.9. The Morgan fingerprint density at radius 2 is 2.26 bits per heavy atom. The lowest BCUT2D eigenvalue weighted by molar-refractivity contribution is 0.0688. The van der Waals surface area contributed by atoms with Gasteiger partial charge in [0.25, 0.3) is 0 Å². The van der Waals surface area contributed by atoms with Crippen molar-refractivity contribution in [3.63, 3.8) is 0 Å². The maximum Gasteiger partial charge on any atom is 0.415 e. The highest BCUT2D eigenvalue weighted by Crippen LogP contribution is 2.33. The van der Waals surface area contributed by atoms with E-state index < -0.39 is 12.1 Å². The third kappa shape index (κ3) is 2.48. The van der Waals surface area contributed by atoms with Crippen LogP contribution in [0.3, 0.4) is 0 Å². The van der Waals surface area contributed by atoms with E-state index in [1.165, 1.54) is 15.7 Å². The number of carbonyl (C=O) groups is 2. The van der Waals surface area contributed by atoms with Crippen LogP contribution in [0, 0.1) is 0 Å². The van der Waals surface area contributed by atoms with E-state index in [2.05, 4.69) is 27.6 Å². The fourth-order valence-electron chi connectivity index (χ4n) is 1.85. The fraction of sp³-hybridized carbons (Fsp3) is 0.364. The highest BCUT2D eigenvalue weighted by atomic mass is 79.9. The summed E-state index contributed by atoms with van der Waals surface area (Å²) in [5.41, 5.74) is -0.113. The maximum absolute atomic E-state index is 11.9. The molecule has 0 fully saturated rings. The molecule has 0 unspecified atom stereocenters. The highest BCUT2D eigenvalue weighted by Gasteiger charge is 2.31. The van der Waals surface area contributed by atoms with Crippen molar-refractivity contribution in [2.24, 2.45) is 0 Å². The third-order valence-electron chi connectivity index (χ3n) is 2.62. The number of carboxylic acids is 1. The van der Waals surface area contributed by atoms with Gasteiger partial charge in [-0.1, -0.05) is 12.7 Å². The third-order valence-corrected chi connectivity index (χ3v) is 3.35. The van der Waals surface area contributed by atoms with E-state index in [9.17, 15) is 9.59 Å². The van der Waals surface area contributed by atoms with E-state index in [0.29, 0.717) is 25.3 Å². The number of carbonyl (C=O) groups excluding carboxylic acids is 1. The van der Waals surface area contributed by atoms with Crippen LogP contribution in [0.15, 0.2) is 17.1 Å². The van der Waals surface area contributed by atoms with Crippen molar-refractivity contribution < 1.29 is 19.4 Å². The summed E-state index contributed by atoms with van der Waals surface area (Å²) in [6.45, 7) is 4.59. The molecular formula is C11H12BrN3O4. The molecular weight excluding hydrogens is 318 g/mol. The molecule has 0 aliphatic carbocycles. The number of carboxylic acid groups (broad SMARTS) is 1. The Kier molecular flexibility index (Phi) is 3.89. The number of aryl methyl sites for hydroxylation is 1. The lowest BCUT2D eigenvalue weighted by Gasteiger charge is -2.27. The van der Waals surface area contributed by atoms with Crippen LogP contribution in [0.4, 0.5) is 10.6 Å². The Balaban J connectivity index is 2.35. The van der Waals surface area contributed by atoms with Gasteiger partial charge in [0.1, 0.15) is 6.61 Å². The number of rotatable bonds is 3. The first-order chi connectivity index (χ1) is 9.06. The number of halogens is 1. The van der Waals surface area contributed by atoms with Gasteiger partial charge >= 0.3 is 12.1 Å². The second kappa shape index (κ2) is 5.43. The molecule has 2 rings (SSSR count). The van der Waals surface area contributed by atoms with Gasteiger partial charge in [-0.15, -0.1) is 0 Å². The van der Waals surface area contributed by atoms with E-state index in [-0.39, 0.29) is 16.8 Å². The molecule has 2 heterocycles. The van der Waals surface area contributed by atoms with Crippen molar-refractivity contribution in [3.05, 3.63) is 22.8 Å². The highest BCUT2D eigenvalue weighted by molar-refractivity contribution is 9.10. The van der Waals surface area contributed by atoms with Gasteiger partial charge in [0.2, 0.25) is 0 Å². The van der Waals surface area contributed by atoms with Crippen LogP contribution >= 0.6 is 15.9 Å². The van der Waals surface area contributed by atoms with E-state index in [0.717, 1.165) is 0 Å². The predicted octanol–water partition coefficient (Wildman–Crippen LogP) is 1.88. The van der Waals surface area contributed by atoms with Gasteiger partial charge in [0, 0.05) is 13.1 Å². The zero-order chi connectivity index (χ0) is 14.0. The molecule has 1 aromatic heterocycles. The Hall–Kier alpha value is -1.83. The molecule has 0 aromatic carbocycles. The molecule has 1 N–H and O–H groups in total. The average Bonchev–Trinajstić information content (AvgIpc) is 2.73. The van der Waals surface area contributed by atoms with Crippen LogP contribution in [0.1, 0.15) is 16.9 Å². The zero-order valence-electron chi connectivity index (χ0n) is 10.0. The molecule has 0 saturated carbocycles. The SMILES string of the molecule is C=CCOC(=O)N1CCCn2nc(C(=O)O)c(Br)c21. The van der Waals surface area contributed by atoms with Crippen molar-refractivity contribution in [3.8, 4) is 0 Å². The van der Waals surface area contributed by atoms with Crippen molar-refractivity contribution in [1.82, 2.24) is 9.78 Å². The van der Waals surface area contributed by atoms with Crippen molar-refractivity contribution >= 4 is 33.8 Å². The van der Waals surface area contributed by atoms with Crippen LogP contribution in [-0.4, -0.2) is 40.1 Å². The summed E-state index contributed by atoms with van der Waals surface area (Å²) >= 11 is 3.18. The molecule has 0 bridgehead atoms. The molecule has 102 valence electrons. The normalized spacial score (nSPS) is 13.8. The molecule has 1 aliphatic heterocycles. The molecule has 1 aliphatic rings. The van der Waals surface area contributed by atoms with Crippen LogP contribution in [0.5, 0.6) is 0 Å². The second-order valence-electron chi connectivity index (χ2n) is 3.89. The largest absolute Gasteiger partial charge is 0.476 e. The van der Waals surface area contributed by atoms with E-state index >= 15 is 0 Å². The molecule has 0 spiro atoms. The molecule has 0 atom stereocenters. The van der Waals surface area contributed by atoms with Gasteiger partial charge in [-0.05, 0) is 22.4 Å². The van der Waals surface area contributed by atoms with E-state index in [1.807, 2.05) is 0 Å². The minimum atomic E-state index is -1.15. The number of aromatic carboxylic acids is 1. The second-order valence-corrected chi connectivity index (χ2v) is 4.68. The monoisotopic (exact) mass is 329 g/mol. The van der Waals surface area contributed by atoms with Crippen LogP contribution in [0.2, 0.25) is 0 Å². The molecule has 19 heavy (non-hydrogen) atoms. The minimum Gasteiger partial charge on any atom is -0.476 e. The first-order valence-electron chi connectivity index (χ1n) is 5.61. The van der Waals surface area contributed by atoms with Gasteiger partial charge in [-0.3, -0.25) is 4.90 Å². The van der Waals surface area contributed by atoms with Crippen molar-refractivity contribution in [2.45, 2.75) is 13.0 Å². The number of nitrogens with zero attached hydrogens (tertiary/aromatic N) is 3. The number of amides is 1. The predicted molar refractivity (Wildman–Crippen MR) is 70.4 cm³/mol. The van der Waals surface area contributed by atoms with Gasteiger partial charge in [0.05, 0.1) is 4.47 Å². The lowest BCUT2D eigenvalue weighted by Crippen LogP contribution is -2.38. The van der Waals surface area contributed by atoms with E-state index in [4.69, 9.17) is 9.84 Å². The summed E-state index contributed by atoms with van der Waals surface area (Å²) in [5.74, 6) is -0.731. The Morgan fingerprint density at radius 1 is 1.53 bits per heavy atom. The molecule has 1 aromatic rings.